The van der Waals surface area contributed by atoms with Crippen LogP contribution < -0.4 is 5.73 Å². The van der Waals surface area contributed by atoms with Crippen LogP contribution in [-0.4, -0.2) is 30.1 Å². The molecule has 0 unspecified atom stereocenters. The van der Waals surface area contributed by atoms with Gasteiger partial charge >= 0.3 is 0 Å². The number of hydrogen-bond donors (Lipinski definition) is 1. The third kappa shape index (κ3) is 2.89. The van der Waals surface area contributed by atoms with Gasteiger partial charge in [-0.3, -0.25) is 0 Å². The fourth-order valence-electron chi connectivity index (χ4n) is 0.751. The molecule has 0 spiro atoms. The number of ether oxygens (including phenoxy) is 2. The summed E-state index contributed by atoms with van der Waals surface area (Å²) in [5.74, 6) is 0. The zero-order valence-electron chi connectivity index (χ0n) is 7.06. The molecular weight excluding hydrogens is 158 g/mol. The molecule has 1 rings (SSSR count). The minimum absolute atomic E-state index is 0.417. The van der Waals surface area contributed by atoms with Crippen molar-refractivity contribution in [1.29, 1.82) is 0 Å². The molecule has 5 nitrogen and oxygen atoms in total. The van der Waals surface area contributed by atoms with Crippen molar-refractivity contribution in [2.75, 3.05) is 26.1 Å². The van der Waals surface area contributed by atoms with Crippen LogP contribution in [0.1, 0.15) is 0 Å². The van der Waals surface area contributed by atoms with Gasteiger partial charge in [0.2, 0.25) is 0 Å². The summed E-state index contributed by atoms with van der Waals surface area (Å²) in [6, 6.07) is 0. The maximum Gasteiger partial charge on any atom is 0.139 e. The number of anilines is 1. The predicted octanol–water partition coefficient (Wildman–Crippen LogP) is 0.0858. The van der Waals surface area contributed by atoms with Gasteiger partial charge in [0.05, 0.1) is 31.3 Å². The van der Waals surface area contributed by atoms with Crippen molar-refractivity contribution in [3.05, 3.63) is 12.4 Å². The SMILES string of the molecule is COCCOCn1cc(N)cn1. The average Bonchev–Trinajstić information content (AvgIpc) is 2.45. The van der Waals surface area contributed by atoms with Crippen LogP contribution in [-0.2, 0) is 16.2 Å². The van der Waals surface area contributed by atoms with Gasteiger partial charge in [-0.25, -0.2) is 4.68 Å². The molecule has 68 valence electrons. The molecule has 1 aromatic heterocycles. The van der Waals surface area contributed by atoms with E-state index in [4.69, 9.17) is 15.2 Å². The van der Waals surface area contributed by atoms with Crippen molar-refractivity contribution >= 4 is 5.69 Å². The molecule has 1 heterocycles. The van der Waals surface area contributed by atoms with Gasteiger partial charge in [-0.2, -0.15) is 5.10 Å². The standard InChI is InChI=1S/C7H13N3O2/c1-11-2-3-12-6-10-5-7(8)4-9-10/h4-5H,2-3,6,8H2,1H3. The second kappa shape index (κ2) is 4.74. The molecule has 2 N–H and O–H groups in total. The lowest BCUT2D eigenvalue weighted by molar-refractivity contribution is 0.0289. The minimum Gasteiger partial charge on any atom is -0.396 e. The Morgan fingerprint density at radius 2 is 2.42 bits per heavy atom. The van der Waals surface area contributed by atoms with Crippen LogP contribution in [0.3, 0.4) is 0 Å². The molecule has 5 heteroatoms. The van der Waals surface area contributed by atoms with Gasteiger partial charge in [0.25, 0.3) is 0 Å². The first-order valence-electron chi connectivity index (χ1n) is 3.67. The van der Waals surface area contributed by atoms with E-state index in [1.54, 1.807) is 24.2 Å². The Balaban J connectivity index is 2.15. The van der Waals surface area contributed by atoms with Crippen molar-refractivity contribution < 1.29 is 9.47 Å². The smallest absolute Gasteiger partial charge is 0.139 e. The average molecular weight is 171 g/mol. The molecule has 0 saturated heterocycles. The molecule has 0 atom stereocenters. The van der Waals surface area contributed by atoms with E-state index in [2.05, 4.69) is 5.10 Å². The molecule has 0 bridgehead atoms. The Morgan fingerprint density at radius 1 is 1.58 bits per heavy atom. The first kappa shape index (κ1) is 9.02. The topological polar surface area (TPSA) is 62.3 Å². The summed E-state index contributed by atoms with van der Waals surface area (Å²) in [4.78, 5) is 0. The fourth-order valence-corrected chi connectivity index (χ4v) is 0.751. The van der Waals surface area contributed by atoms with E-state index in [9.17, 15) is 0 Å². The van der Waals surface area contributed by atoms with Crippen LogP contribution in [0.15, 0.2) is 12.4 Å². The van der Waals surface area contributed by atoms with Gasteiger partial charge in [-0.15, -0.1) is 0 Å². The normalized spacial score (nSPS) is 10.4. The lowest BCUT2D eigenvalue weighted by Crippen LogP contribution is -2.07. The molecule has 0 saturated carbocycles. The third-order valence-electron chi connectivity index (χ3n) is 1.31. The molecule has 0 aliphatic rings. The first-order valence-corrected chi connectivity index (χ1v) is 3.67. The van der Waals surface area contributed by atoms with Gasteiger partial charge in [0.15, 0.2) is 0 Å². The van der Waals surface area contributed by atoms with Crippen molar-refractivity contribution in [3.63, 3.8) is 0 Å². The van der Waals surface area contributed by atoms with E-state index < -0.39 is 0 Å². The monoisotopic (exact) mass is 171 g/mol. The Labute approximate surface area is 71.1 Å². The molecule has 0 aromatic carbocycles. The molecule has 0 fully saturated rings. The number of nitrogen functional groups attached to an aromatic ring is 1. The fraction of sp³-hybridized carbons (Fsp3) is 0.571. The molecule has 1 aromatic rings. The van der Waals surface area contributed by atoms with E-state index in [0.29, 0.717) is 25.6 Å². The van der Waals surface area contributed by atoms with Crippen LogP contribution in [0.4, 0.5) is 5.69 Å². The Hall–Kier alpha value is -1.07. The third-order valence-corrected chi connectivity index (χ3v) is 1.31. The number of hydrogen-bond acceptors (Lipinski definition) is 4. The van der Waals surface area contributed by atoms with Gasteiger partial charge in [0.1, 0.15) is 6.73 Å². The van der Waals surface area contributed by atoms with Crippen molar-refractivity contribution in [3.8, 4) is 0 Å². The maximum absolute atomic E-state index is 5.45. The summed E-state index contributed by atoms with van der Waals surface area (Å²) in [5, 5.41) is 3.94. The summed E-state index contributed by atoms with van der Waals surface area (Å²) in [5.41, 5.74) is 6.09. The largest absolute Gasteiger partial charge is 0.396 e. The summed E-state index contributed by atoms with van der Waals surface area (Å²) in [6.07, 6.45) is 3.30. The minimum atomic E-state index is 0.417. The molecule has 12 heavy (non-hydrogen) atoms. The van der Waals surface area contributed by atoms with Crippen LogP contribution in [0, 0.1) is 0 Å². The summed E-state index contributed by atoms with van der Waals surface area (Å²) in [6.45, 7) is 1.58. The Bertz CT molecular complexity index is 224. The van der Waals surface area contributed by atoms with Crippen LogP contribution in [0.25, 0.3) is 0 Å². The van der Waals surface area contributed by atoms with Crippen molar-refractivity contribution in [2.45, 2.75) is 6.73 Å². The highest BCUT2D eigenvalue weighted by Crippen LogP contribution is 1.97. The number of aromatic nitrogens is 2. The second-order valence-corrected chi connectivity index (χ2v) is 2.34. The van der Waals surface area contributed by atoms with Crippen molar-refractivity contribution in [1.82, 2.24) is 9.78 Å². The number of rotatable bonds is 5. The van der Waals surface area contributed by atoms with E-state index in [-0.39, 0.29) is 0 Å². The van der Waals surface area contributed by atoms with E-state index in [1.165, 1.54) is 0 Å². The first-order chi connectivity index (χ1) is 5.83. The molecular formula is C7H13N3O2. The number of nitrogens with zero attached hydrogens (tertiary/aromatic N) is 2. The maximum atomic E-state index is 5.45. The zero-order chi connectivity index (χ0) is 8.81. The highest BCUT2D eigenvalue weighted by molar-refractivity contribution is 5.30. The van der Waals surface area contributed by atoms with Gasteiger partial charge in [-0.1, -0.05) is 0 Å². The van der Waals surface area contributed by atoms with Gasteiger partial charge in [0, 0.05) is 7.11 Å². The highest BCUT2D eigenvalue weighted by Gasteiger charge is 1.92. The molecule has 0 radical (unpaired) electrons. The molecule has 0 amide bonds. The number of methoxy groups -OCH3 is 1. The summed E-state index contributed by atoms with van der Waals surface area (Å²) in [7, 11) is 1.63. The quantitative estimate of drug-likeness (QED) is 0.637. The van der Waals surface area contributed by atoms with Gasteiger partial charge < -0.3 is 15.2 Å². The summed E-state index contributed by atoms with van der Waals surface area (Å²) < 4.78 is 11.6. The Kier molecular flexibility index (Phi) is 3.56. The van der Waals surface area contributed by atoms with Gasteiger partial charge in [-0.05, 0) is 0 Å². The predicted molar refractivity (Wildman–Crippen MR) is 44.5 cm³/mol. The number of nitrogens with two attached hydrogens (primary N) is 1. The van der Waals surface area contributed by atoms with Crippen molar-refractivity contribution in [2.24, 2.45) is 0 Å². The van der Waals surface area contributed by atoms with E-state index in [0.717, 1.165) is 0 Å². The molecule has 0 aliphatic heterocycles. The van der Waals surface area contributed by atoms with Crippen LogP contribution in [0.2, 0.25) is 0 Å². The van der Waals surface area contributed by atoms with E-state index >= 15 is 0 Å². The second-order valence-electron chi connectivity index (χ2n) is 2.34. The molecule has 0 aliphatic carbocycles. The van der Waals surface area contributed by atoms with Crippen LogP contribution in [0.5, 0.6) is 0 Å². The van der Waals surface area contributed by atoms with E-state index in [1.807, 2.05) is 0 Å². The summed E-state index contributed by atoms with van der Waals surface area (Å²) >= 11 is 0. The van der Waals surface area contributed by atoms with Crippen LogP contribution >= 0.6 is 0 Å². The lowest BCUT2D eigenvalue weighted by Gasteiger charge is -2.02. The zero-order valence-corrected chi connectivity index (χ0v) is 7.06. The Morgan fingerprint density at radius 3 is 3.00 bits per heavy atom. The highest BCUT2D eigenvalue weighted by atomic mass is 16.5. The lowest BCUT2D eigenvalue weighted by atomic mass is 10.6.